The predicted molar refractivity (Wildman–Crippen MR) is 73.3 cm³/mol. The first-order chi connectivity index (χ1) is 10.5. The standard InChI is InChI=1S/C14H15FN4O3/c15-9-3-4-10(16-7-9)11(20)17-6-8-2-1-5-14(8)12(21)18-13(22)19-14/h3-4,7-8H,1-2,5-6H2,(H,17,20)(H2,18,19,21,22)/t8-,14+/m1/s1. The molecule has 1 aromatic heterocycles. The lowest BCUT2D eigenvalue weighted by Crippen LogP contribution is -2.53. The van der Waals surface area contributed by atoms with Crippen molar-refractivity contribution in [1.29, 1.82) is 0 Å². The van der Waals surface area contributed by atoms with E-state index >= 15 is 0 Å². The molecule has 2 atom stereocenters. The molecule has 0 unspecified atom stereocenters. The van der Waals surface area contributed by atoms with Gasteiger partial charge in [0.15, 0.2) is 0 Å². The molecule has 1 saturated carbocycles. The summed E-state index contributed by atoms with van der Waals surface area (Å²) in [5.74, 6) is -1.47. The summed E-state index contributed by atoms with van der Waals surface area (Å²) in [6.07, 6.45) is 3.05. The van der Waals surface area contributed by atoms with Crippen molar-refractivity contribution in [3.05, 3.63) is 29.8 Å². The lowest BCUT2D eigenvalue weighted by molar-refractivity contribution is -0.125. The van der Waals surface area contributed by atoms with Gasteiger partial charge < -0.3 is 10.6 Å². The van der Waals surface area contributed by atoms with Gasteiger partial charge in [-0.15, -0.1) is 0 Å². The SMILES string of the molecule is O=C1NC(=O)[C@@]2(CCC[C@@H]2CNC(=O)c2ccc(F)cn2)N1. The molecule has 1 aromatic rings. The summed E-state index contributed by atoms with van der Waals surface area (Å²) < 4.78 is 12.8. The molecule has 8 heteroatoms. The normalized spacial score (nSPS) is 26.9. The Labute approximate surface area is 125 Å². The van der Waals surface area contributed by atoms with Gasteiger partial charge in [0.2, 0.25) is 0 Å². The Hall–Kier alpha value is -2.51. The van der Waals surface area contributed by atoms with E-state index in [9.17, 15) is 18.8 Å². The van der Waals surface area contributed by atoms with Crippen LogP contribution in [0.1, 0.15) is 29.8 Å². The molecule has 0 aromatic carbocycles. The Morgan fingerprint density at radius 3 is 2.91 bits per heavy atom. The summed E-state index contributed by atoms with van der Waals surface area (Å²) in [7, 11) is 0. The van der Waals surface area contributed by atoms with Crippen molar-refractivity contribution in [2.45, 2.75) is 24.8 Å². The highest BCUT2D eigenvalue weighted by atomic mass is 19.1. The van der Waals surface area contributed by atoms with Crippen LogP contribution in [0.5, 0.6) is 0 Å². The van der Waals surface area contributed by atoms with Gasteiger partial charge in [-0.2, -0.15) is 0 Å². The highest BCUT2D eigenvalue weighted by Gasteiger charge is 2.54. The molecule has 2 fully saturated rings. The first kappa shape index (κ1) is 14.4. The van der Waals surface area contributed by atoms with E-state index in [4.69, 9.17) is 0 Å². The van der Waals surface area contributed by atoms with Gasteiger partial charge in [0.25, 0.3) is 11.8 Å². The van der Waals surface area contributed by atoms with E-state index in [-0.39, 0.29) is 24.1 Å². The first-order valence-corrected chi connectivity index (χ1v) is 7.04. The Morgan fingerprint density at radius 1 is 1.45 bits per heavy atom. The third-order valence-corrected chi connectivity index (χ3v) is 4.26. The highest BCUT2D eigenvalue weighted by Crippen LogP contribution is 2.37. The fourth-order valence-electron chi connectivity index (χ4n) is 3.14. The number of nitrogens with zero attached hydrogens (tertiary/aromatic N) is 1. The van der Waals surface area contributed by atoms with E-state index in [1.807, 2.05) is 0 Å². The van der Waals surface area contributed by atoms with E-state index in [0.29, 0.717) is 6.42 Å². The van der Waals surface area contributed by atoms with Crippen molar-refractivity contribution in [1.82, 2.24) is 20.9 Å². The smallest absolute Gasteiger partial charge is 0.322 e. The van der Waals surface area contributed by atoms with Crippen LogP contribution in [0.2, 0.25) is 0 Å². The summed E-state index contributed by atoms with van der Waals surface area (Å²) in [6.45, 7) is 0.242. The molecule has 2 aliphatic rings. The van der Waals surface area contributed by atoms with E-state index in [1.165, 1.54) is 6.07 Å². The minimum atomic E-state index is -0.930. The van der Waals surface area contributed by atoms with Gasteiger partial charge >= 0.3 is 6.03 Å². The number of rotatable bonds is 3. The van der Waals surface area contributed by atoms with Crippen LogP contribution in [0.25, 0.3) is 0 Å². The number of halogens is 1. The van der Waals surface area contributed by atoms with E-state index in [1.54, 1.807) is 0 Å². The molecule has 1 aliphatic carbocycles. The lowest BCUT2D eigenvalue weighted by atomic mass is 9.87. The van der Waals surface area contributed by atoms with Crippen LogP contribution in [-0.2, 0) is 4.79 Å². The lowest BCUT2D eigenvalue weighted by Gasteiger charge is -2.28. The summed E-state index contributed by atoms with van der Waals surface area (Å²) in [4.78, 5) is 39.1. The van der Waals surface area contributed by atoms with Crippen molar-refractivity contribution in [2.24, 2.45) is 5.92 Å². The quantitative estimate of drug-likeness (QED) is 0.701. The molecule has 22 heavy (non-hydrogen) atoms. The van der Waals surface area contributed by atoms with E-state index in [0.717, 1.165) is 25.1 Å². The fourth-order valence-corrected chi connectivity index (χ4v) is 3.14. The summed E-state index contributed by atoms with van der Waals surface area (Å²) in [5, 5.41) is 7.63. The average molecular weight is 306 g/mol. The molecule has 0 radical (unpaired) electrons. The number of nitrogens with one attached hydrogen (secondary N) is 3. The van der Waals surface area contributed by atoms with Crippen LogP contribution in [0, 0.1) is 11.7 Å². The average Bonchev–Trinajstić information content (AvgIpc) is 3.01. The number of carbonyl (C=O) groups is 3. The van der Waals surface area contributed by atoms with Crippen molar-refractivity contribution < 1.29 is 18.8 Å². The Balaban J connectivity index is 1.66. The van der Waals surface area contributed by atoms with Gasteiger partial charge in [-0.05, 0) is 25.0 Å². The maximum absolute atomic E-state index is 12.8. The minimum Gasteiger partial charge on any atom is -0.350 e. The summed E-state index contributed by atoms with van der Waals surface area (Å²) >= 11 is 0. The zero-order valence-electron chi connectivity index (χ0n) is 11.7. The van der Waals surface area contributed by atoms with Gasteiger partial charge in [0, 0.05) is 12.5 Å². The van der Waals surface area contributed by atoms with Gasteiger partial charge in [-0.3, -0.25) is 14.9 Å². The summed E-state index contributed by atoms with van der Waals surface area (Å²) in [6, 6.07) is 1.95. The number of imide groups is 1. The maximum Gasteiger partial charge on any atom is 0.322 e. The van der Waals surface area contributed by atoms with Gasteiger partial charge in [-0.1, -0.05) is 6.42 Å². The molecule has 1 saturated heterocycles. The monoisotopic (exact) mass is 306 g/mol. The van der Waals surface area contributed by atoms with Crippen LogP contribution < -0.4 is 16.0 Å². The van der Waals surface area contributed by atoms with Crippen LogP contribution in [0.15, 0.2) is 18.3 Å². The van der Waals surface area contributed by atoms with Crippen LogP contribution in [0.4, 0.5) is 9.18 Å². The highest BCUT2D eigenvalue weighted by molar-refractivity contribution is 6.07. The van der Waals surface area contributed by atoms with Crippen molar-refractivity contribution >= 4 is 17.8 Å². The minimum absolute atomic E-state index is 0.105. The number of pyridine rings is 1. The van der Waals surface area contributed by atoms with Gasteiger partial charge in [-0.25, -0.2) is 14.2 Å². The second kappa shape index (κ2) is 5.36. The topological polar surface area (TPSA) is 100 Å². The Kier molecular flexibility index (Phi) is 3.51. The molecule has 7 nitrogen and oxygen atoms in total. The zero-order chi connectivity index (χ0) is 15.7. The van der Waals surface area contributed by atoms with Crippen LogP contribution >= 0.6 is 0 Å². The maximum atomic E-state index is 12.8. The molecular weight excluding hydrogens is 291 g/mol. The number of aromatic nitrogens is 1. The molecule has 1 spiro atoms. The van der Waals surface area contributed by atoms with Gasteiger partial charge in [0.05, 0.1) is 6.20 Å². The van der Waals surface area contributed by atoms with Crippen LogP contribution in [-0.4, -0.2) is 34.9 Å². The molecule has 2 heterocycles. The van der Waals surface area contributed by atoms with Crippen molar-refractivity contribution in [2.75, 3.05) is 6.54 Å². The molecule has 116 valence electrons. The largest absolute Gasteiger partial charge is 0.350 e. The third kappa shape index (κ3) is 2.40. The van der Waals surface area contributed by atoms with Crippen molar-refractivity contribution in [3.63, 3.8) is 0 Å². The number of carbonyl (C=O) groups excluding carboxylic acids is 3. The number of hydrogen-bond donors (Lipinski definition) is 3. The number of hydrogen-bond acceptors (Lipinski definition) is 4. The Bertz CT molecular complexity index is 633. The second-order valence-electron chi connectivity index (χ2n) is 5.54. The zero-order valence-corrected chi connectivity index (χ0v) is 11.7. The first-order valence-electron chi connectivity index (χ1n) is 7.04. The van der Waals surface area contributed by atoms with E-state index < -0.39 is 23.3 Å². The van der Waals surface area contributed by atoms with Crippen molar-refractivity contribution in [3.8, 4) is 0 Å². The summed E-state index contributed by atoms with van der Waals surface area (Å²) in [5.41, 5.74) is -0.825. The van der Waals surface area contributed by atoms with Crippen LogP contribution in [0.3, 0.4) is 0 Å². The second-order valence-corrected chi connectivity index (χ2v) is 5.54. The molecule has 4 amide bonds. The predicted octanol–water partition coefficient (Wildman–Crippen LogP) is 0.329. The van der Waals surface area contributed by atoms with E-state index in [2.05, 4.69) is 20.9 Å². The van der Waals surface area contributed by atoms with Gasteiger partial charge in [0.1, 0.15) is 17.1 Å². The molecule has 3 rings (SSSR count). The number of urea groups is 1. The molecular formula is C14H15FN4O3. The Morgan fingerprint density at radius 2 is 2.27 bits per heavy atom. The number of amides is 4. The molecule has 1 aliphatic heterocycles. The molecule has 3 N–H and O–H groups in total. The fraction of sp³-hybridized carbons (Fsp3) is 0.429. The third-order valence-electron chi connectivity index (χ3n) is 4.26. The molecule has 0 bridgehead atoms.